The lowest BCUT2D eigenvalue weighted by atomic mass is 10.1. The van der Waals surface area contributed by atoms with Crippen molar-refractivity contribution >= 4 is 28.8 Å². The minimum Gasteiger partial charge on any atom is -0.311 e. The molecule has 1 aliphatic rings. The molecule has 0 radical (unpaired) electrons. The zero-order valence-electron chi connectivity index (χ0n) is 15.1. The summed E-state index contributed by atoms with van der Waals surface area (Å²) in [6.45, 7) is 8.44. The number of amides is 1. The Morgan fingerprint density at radius 2 is 2.04 bits per heavy atom. The Bertz CT molecular complexity index is 1060. The zero-order valence-corrected chi connectivity index (χ0v) is 15.1. The van der Waals surface area contributed by atoms with Crippen molar-refractivity contribution in [3.05, 3.63) is 71.7 Å². The highest BCUT2D eigenvalue weighted by Crippen LogP contribution is 2.34. The molecule has 1 atom stereocenters. The Morgan fingerprint density at radius 3 is 2.85 bits per heavy atom. The lowest BCUT2D eigenvalue weighted by Gasteiger charge is -2.19. The first kappa shape index (κ1) is 16.4. The zero-order chi connectivity index (χ0) is 18.3. The van der Waals surface area contributed by atoms with Crippen LogP contribution in [0, 0.1) is 13.8 Å². The van der Waals surface area contributed by atoms with E-state index < -0.39 is 0 Å². The molecule has 130 valence electrons. The third-order valence-electron chi connectivity index (χ3n) is 4.99. The van der Waals surface area contributed by atoms with Gasteiger partial charge in [-0.3, -0.25) is 9.36 Å². The van der Waals surface area contributed by atoms with Crippen molar-refractivity contribution in [1.29, 1.82) is 0 Å². The summed E-state index contributed by atoms with van der Waals surface area (Å²) in [6, 6.07) is 14.2. The number of carbonyl (C=O) groups is 1. The van der Waals surface area contributed by atoms with Gasteiger partial charge in [-0.2, -0.15) is 0 Å². The smallest absolute Gasteiger partial charge is 0.227 e. The second-order valence-corrected chi connectivity index (χ2v) is 6.86. The van der Waals surface area contributed by atoms with Crippen LogP contribution in [-0.2, 0) is 4.79 Å². The van der Waals surface area contributed by atoms with Crippen LogP contribution in [0.5, 0.6) is 0 Å². The molecule has 1 aromatic heterocycles. The highest BCUT2D eigenvalue weighted by atomic mass is 16.2. The van der Waals surface area contributed by atoms with E-state index in [1.165, 1.54) is 0 Å². The molecule has 4 rings (SSSR count). The fourth-order valence-electron chi connectivity index (χ4n) is 3.70. The van der Waals surface area contributed by atoms with Gasteiger partial charge in [0, 0.05) is 24.6 Å². The van der Waals surface area contributed by atoms with Crippen LogP contribution in [0.15, 0.2) is 54.8 Å². The third-order valence-corrected chi connectivity index (χ3v) is 4.99. The second-order valence-electron chi connectivity index (χ2n) is 6.86. The molecule has 0 spiro atoms. The van der Waals surface area contributed by atoms with E-state index in [4.69, 9.17) is 4.98 Å². The molecule has 0 aliphatic carbocycles. The van der Waals surface area contributed by atoms with Crippen LogP contribution in [0.2, 0.25) is 0 Å². The van der Waals surface area contributed by atoms with Crippen LogP contribution in [0.25, 0.3) is 17.2 Å². The molecule has 0 saturated carbocycles. The normalized spacial score (nSPS) is 16.9. The summed E-state index contributed by atoms with van der Waals surface area (Å²) in [5.41, 5.74) is 8.05. The molecule has 1 saturated heterocycles. The van der Waals surface area contributed by atoms with Gasteiger partial charge in [0.1, 0.15) is 5.82 Å². The summed E-state index contributed by atoms with van der Waals surface area (Å²) in [5, 5.41) is 0. The maximum absolute atomic E-state index is 12.8. The van der Waals surface area contributed by atoms with Gasteiger partial charge in [0.25, 0.3) is 0 Å². The van der Waals surface area contributed by atoms with Crippen molar-refractivity contribution in [3.8, 4) is 0 Å². The van der Waals surface area contributed by atoms with Crippen molar-refractivity contribution in [2.24, 2.45) is 0 Å². The number of aryl methyl sites for hydroxylation is 2. The number of imidazole rings is 1. The number of benzene rings is 2. The van der Waals surface area contributed by atoms with Gasteiger partial charge in [-0.05, 0) is 43.2 Å². The SMILES string of the molecule is C=C=Cn1c([C@H]2CC(=O)N(c3cc(C)ccc3C)C2)nc2ccccc21. The molecule has 2 aromatic carbocycles. The maximum Gasteiger partial charge on any atom is 0.227 e. The van der Waals surface area contributed by atoms with E-state index in [9.17, 15) is 4.79 Å². The fourth-order valence-corrected chi connectivity index (χ4v) is 3.70. The number of aromatic nitrogens is 2. The molecular formula is C22H21N3O. The first-order valence-corrected chi connectivity index (χ1v) is 8.79. The van der Waals surface area contributed by atoms with Crippen molar-refractivity contribution in [2.75, 3.05) is 11.4 Å². The average molecular weight is 343 g/mol. The second kappa shape index (κ2) is 6.32. The minimum atomic E-state index is 0.0411. The van der Waals surface area contributed by atoms with E-state index >= 15 is 0 Å². The highest BCUT2D eigenvalue weighted by Gasteiger charge is 2.35. The number of hydrogen-bond acceptors (Lipinski definition) is 2. The molecule has 2 heterocycles. The van der Waals surface area contributed by atoms with E-state index in [0.29, 0.717) is 13.0 Å². The number of nitrogens with zero attached hydrogens (tertiary/aromatic N) is 3. The van der Waals surface area contributed by atoms with Crippen molar-refractivity contribution in [1.82, 2.24) is 9.55 Å². The molecular weight excluding hydrogens is 322 g/mol. The number of anilines is 1. The van der Waals surface area contributed by atoms with E-state index in [2.05, 4.69) is 37.4 Å². The predicted molar refractivity (Wildman–Crippen MR) is 105 cm³/mol. The molecule has 1 fully saturated rings. The maximum atomic E-state index is 12.8. The topological polar surface area (TPSA) is 38.1 Å². The summed E-state index contributed by atoms with van der Waals surface area (Å²) in [6.07, 6.45) is 2.26. The Morgan fingerprint density at radius 1 is 1.23 bits per heavy atom. The van der Waals surface area contributed by atoms with Gasteiger partial charge >= 0.3 is 0 Å². The van der Waals surface area contributed by atoms with Crippen molar-refractivity contribution < 1.29 is 4.79 Å². The van der Waals surface area contributed by atoms with Gasteiger partial charge in [-0.1, -0.05) is 30.8 Å². The third kappa shape index (κ3) is 2.65. The Hall–Kier alpha value is -3.10. The Kier molecular flexibility index (Phi) is 3.98. The van der Waals surface area contributed by atoms with Gasteiger partial charge in [0.2, 0.25) is 5.91 Å². The minimum absolute atomic E-state index is 0.0411. The molecule has 3 aromatic rings. The first-order valence-electron chi connectivity index (χ1n) is 8.79. The number of rotatable bonds is 3. The van der Waals surface area contributed by atoms with E-state index in [1.54, 1.807) is 6.20 Å². The van der Waals surface area contributed by atoms with Gasteiger partial charge < -0.3 is 4.90 Å². The van der Waals surface area contributed by atoms with Crippen LogP contribution in [0.1, 0.15) is 29.3 Å². The lowest BCUT2D eigenvalue weighted by molar-refractivity contribution is -0.117. The standard InChI is InChI=1S/C22H21N3O/c1-4-11-24-19-8-6-5-7-18(19)23-22(24)17-13-21(26)25(14-17)20-12-15(2)9-10-16(20)3/h5-12,17H,1,13-14H2,2-3H3/t17-/m0/s1. The first-order chi connectivity index (χ1) is 12.6. The molecule has 4 heteroatoms. The van der Waals surface area contributed by atoms with E-state index in [-0.39, 0.29) is 11.8 Å². The average Bonchev–Trinajstić information content (AvgIpc) is 3.18. The summed E-state index contributed by atoms with van der Waals surface area (Å²) in [5.74, 6) is 1.08. The Balaban J connectivity index is 1.76. The van der Waals surface area contributed by atoms with E-state index in [1.807, 2.05) is 40.7 Å². The predicted octanol–water partition coefficient (Wildman–Crippen LogP) is 4.43. The summed E-state index contributed by atoms with van der Waals surface area (Å²) < 4.78 is 2.01. The Labute approximate surface area is 153 Å². The highest BCUT2D eigenvalue weighted by molar-refractivity contribution is 5.97. The molecule has 0 N–H and O–H groups in total. The monoisotopic (exact) mass is 343 g/mol. The molecule has 1 aliphatic heterocycles. The van der Waals surface area contributed by atoms with Crippen LogP contribution in [0.3, 0.4) is 0 Å². The lowest BCUT2D eigenvalue weighted by Crippen LogP contribution is -2.25. The van der Waals surface area contributed by atoms with Gasteiger partial charge in [-0.25, -0.2) is 4.98 Å². The van der Waals surface area contributed by atoms with E-state index in [0.717, 1.165) is 33.7 Å². The van der Waals surface area contributed by atoms with Crippen LogP contribution in [-0.4, -0.2) is 22.0 Å². The molecule has 0 unspecified atom stereocenters. The number of hydrogen-bond donors (Lipinski definition) is 0. The van der Waals surface area contributed by atoms with Crippen LogP contribution in [0.4, 0.5) is 5.69 Å². The summed E-state index contributed by atoms with van der Waals surface area (Å²) in [7, 11) is 0. The molecule has 1 amide bonds. The van der Waals surface area contributed by atoms with Crippen molar-refractivity contribution in [3.63, 3.8) is 0 Å². The molecule has 26 heavy (non-hydrogen) atoms. The molecule has 0 bridgehead atoms. The van der Waals surface area contributed by atoms with Gasteiger partial charge in [0.15, 0.2) is 0 Å². The summed E-state index contributed by atoms with van der Waals surface area (Å²) in [4.78, 5) is 19.5. The largest absolute Gasteiger partial charge is 0.311 e. The van der Waals surface area contributed by atoms with Gasteiger partial charge in [0.05, 0.1) is 17.2 Å². The number of para-hydroxylation sites is 2. The van der Waals surface area contributed by atoms with Gasteiger partial charge in [-0.15, -0.1) is 5.73 Å². The number of carbonyl (C=O) groups excluding carboxylic acids is 1. The summed E-state index contributed by atoms with van der Waals surface area (Å²) >= 11 is 0. The molecule has 4 nitrogen and oxygen atoms in total. The number of fused-ring (bicyclic) bond motifs is 1. The van der Waals surface area contributed by atoms with Crippen LogP contribution >= 0.6 is 0 Å². The fraction of sp³-hybridized carbons (Fsp3) is 0.227. The van der Waals surface area contributed by atoms with Crippen LogP contribution < -0.4 is 4.90 Å². The quantitative estimate of drug-likeness (QED) is 0.660. The van der Waals surface area contributed by atoms with Crippen molar-refractivity contribution in [2.45, 2.75) is 26.2 Å².